The van der Waals surface area contributed by atoms with E-state index in [4.69, 9.17) is 4.74 Å². The van der Waals surface area contributed by atoms with Crippen molar-refractivity contribution in [1.29, 1.82) is 0 Å². The van der Waals surface area contributed by atoms with Crippen molar-refractivity contribution < 1.29 is 30.0 Å². The number of carbonyl (C=O) groups is 1. The van der Waals surface area contributed by atoms with Gasteiger partial charge in [-0.2, -0.15) is 0 Å². The van der Waals surface area contributed by atoms with Gasteiger partial charge in [0.2, 0.25) is 0 Å². The molecule has 4 fully saturated rings. The second-order valence-electron chi connectivity index (χ2n) is 13.3. The monoisotopic (exact) mass is 480 g/mol. The molecule has 2 unspecified atom stereocenters. The van der Waals surface area contributed by atoms with Crippen molar-refractivity contribution in [3.05, 3.63) is 0 Å². The maximum Gasteiger partial charge on any atom is 0.309 e. The van der Waals surface area contributed by atoms with E-state index < -0.39 is 24.4 Å². The molecule has 1 aliphatic heterocycles. The molecule has 4 N–H and O–H groups in total. The summed E-state index contributed by atoms with van der Waals surface area (Å²) in [4.78, 5) is 13.0. The van der Waals surface area contributed by atoms with Crippen molar-refractivity contribution in [2.24, 2.45) is 58.2 Å². The summed E-state index contributed by atoms with van der Waals surface area (Å²) in [5.74, 6) is 0.948. The molecule has 196 valence electrons. The molecule has 4 rings (SSSR count). The van der Waals surface area contributed by atoms with E-state index in [1.54, 1.807) is 0 Å². The number of carbonyl (C=O) groups excluding carboxylic acids is 1. The van der Waals surface area contributed by atoms with Crippen LogP contribution in [0.3, 0.4) is 0 Å². The highest BCUT2D eigenvalue weighted by Gasteiger charge is 2.63. The normalized spacial score (nSPS) is 48.1. The summed E-state index contributed by atoms with van der Waals surface area (Å²) in [6.07, 6.45) is 1.61. The molecule has 0 amide bonds. The van der Waals surface area contributed by atoms with Gasteiger partial charge in [0.15, 0.2) is 0 Å². The third-order valence-corrected chi connectivity index (χ3v) is 11.5. The van der Waals surface area contributed by atoms with Gasteiger partial charge in [-0.05, 0) is 90.8 Å². The first kappa shape index (κ1) is 26.4. The van der Waals surface area contributed by atoms with Crippen LogP contribution in [0.15, 0.2) is 0 Å². The van der Waals surface area contributed by atoms with Gasteiger partial charge in [-0.1, -0.05) is 41.5 Å². The Kier molecular flexibility index (Phi) is 7.23. The molecule has 0 radical (unpaired) electrons. The van der Waals surface area contributed by atoms with Crippen LogP contribution in [0, 0.1) is 58.2 Å². The minimum atomic E-state index is -0.867. The first-order valence-corrected chi connectivity index (χ1v) is 13.7. The van der Waals surface area contributed by atoms with Crippen molar-refractivity contribution in [3.63, 3.8) is 0 Å². The minimum Gasteiger partial charge on any atom is -0.465 e. The number of hydrogen-bond acceptors (Lipinski definition) is 6. The van der Waals surface area contributed by atoms with E-state index in [2.05, 4.69) is 34.6 Å². The Hall–Kier alpha value is -0.690. The summed E-state index contributed by atoms with van der Waals surface area (Å²) in [7, 11) is 0. The number of hydrogen-bond donors (Lipinski definition) is 4. The highest BCUT2D eigenvalue weighted by molar-refractivity contribution is 5.74. The zero-order valence-electron chi connectivity index (χ0n) is 22.0. The Balaban J connectivity index is 1.58. The number of cyclic esters (lactones) is 1. The molecule has 6 nitrogen and oxygen atoms in total. The zero-order valence-corrected chi connectivity index (χ0v) is 22.0. The van der Waals surface area contributed by atoms with Crippen LogP contribution in [-0.4, -0.2) is 57.4 Å². The van der Waals surface area contributed by atoms with E-state index in [9.17, 15) is 25.2 Å². The highest BCUT2D eigenvalue weighted by atomic mass is 16.5. The maximum atomic E-state index is 13.0. The Bertz CT molecular complexity index is 755. The molecule has 34 heavy (non-hydrogen) atoms. The van der Waals surface area contributed by atoms with Crippen LogP contribution >= 0.6 is 0 Å². The van der Waals surface area contributed by atoms with Crippen LogP contribution in [0.4, 0.5) is 0 Å². The molecule has 0 spiro atoms. The van der Waals surface area contributed by atoms with Crippen molar-refractivity contribution in [2.75, 3.05) is 6.61 Å². The van der Waals surface area contributed by atoms with Gasteiger partial charge in [-0.25, -0.2) is 0 Å². The third-order valence-electron chi connectivity index (χ3n) is 11.5. The smallest absolute Gasteiger partial charge is 0.309 e. The predicted molar refractivity (Wildman–Crippen MR) is 130 cm³/mol. The second kappa shape index (κ2) is 9.32. The largest absolute Gasteiger partial charge is 0.465 e. The van der Waals surface area contributed by atoms with Crippen LogP contribution in [0.5, 0.6) is 0 Å². The molecule has 3 aliphatic carbocycles. The lowest BCUT2D eigenvalue weighted by Gasteiger charge is -2.56. The van der Waals surface area contributed by atoms with Gasteiger partial charge >= 0.3 is 5.97 Å². The van der Waals surface area contributed by atoms with Crippen molar-refractivity contribution in [2.45, 2.75) is 104 Å². The number of aliphatic hydroxyl groups excluding tert-OH is 4. The zero-order chi connectivity index (χ0) is 25.2. The van der Waals surface area contributed by atoms with E-state index in [0.29, 0.717) is 30.8 Å². The van der Waals surface area contributed by atoms with E-state index in [0.717, 1.165) is 25.7 Å². The van der Waals surface area contributed by atoms with E-state index in [1.807, 2.05) is 6.92 Å². The molecule has 0 aromatic heterocycles. The summed E-state index contributed by atoms with van der Waals surface area (Å²) in [5.41, 5.74) is -0.345. The number of rotatable bonds is 5. The molecular formula is C28H48O6. The lowest BCUT2D eigenvalue weighted by Crippen LogP contribution is -2.55. The van der Waals surface area contributed by atoms with Gasteiger partial charge in [-0.15, -0.1) is 0 Å². The molecule has 3 saturated carbocycles. The molecule has 4 aliphatic rings. The molecule has 0 aromatic carbocycles. The van der Waals surface area contributed by atoms with E-state index in [-0.39, 0.29) is 52.8 Å². The Morgan fingerprint density at radius 2 is 1.56 bits per heavy atom. The van der Waals surface area contributed by atoms with Gasteiger partial charge in [-0.3, -0.25) is 4.79 Å². The fourth-order valence-corrected chi connectivity index (χ4v) is 8.95. The molecule has 1 saturated heterocycles. The van der Waals surface area contributed by atoms with Gasteiger partial charge < -0.3 is 25.2 Å². The number of aliphatic hydroxyl groups is 4. The van der Waals surface area contributed by atoms with Crippen LogP contribution in [0.25, 0.3) is 0 Å². The van der Waals surface area contributed by atoms with Crippen LogP contribution in [0.2, 0.25) is 0 Å². The Morgan fingerprint density at radius 3 is 2.21 bits per heavy atom. The predicted octanol–water partition coefficient (Wildman–Crippen LogP) is 3.39. The quantitative estimate of drug-likeness (QED) is 0.450. The van der Waals surface area contributed by atoms with Crippen LogP contribution in [0.1, 0.15) is 80.1 Å². The average Bonchev–Trinajstić information content (AvgIpc) is 3.09. The lowest BCUT2D eigenvalue weighted by molar-refractivity contribution is -0.162. The minimum absolute atomic E-state index is 0.00827. The molecule has 0 aromatic rings. The standard InChI is InChI=1S/C28H48O6/c1-14(2)15(3)24(31)25(32)16(4)18-7-8-19-17-13-34-26(33)21-11-22(29)23(30)12-28(21,6)20(17)9-10-27(18,19)5/h14-25,29-32H,7-13H2,1-6H3/t15-,16+,17?,18?,19+,20+,21-,22+,23-,24-,25-,27-,28-/m1/s1. The first-order valence-electron chi connectivity index (χ1n) is 13.7. The van der Waals surface area contributed by atoms with Gasteiger partial charge in [0.05, 0.1) is 36.9 Å². The van der Waals surface area contributed by atoms with Crippen molar-refractivity contribution >= 4 is 5.97 Å². The van der Waals surface area contributed by atoms with Crippen LogP contribution in [-0.2, 0) is 9.53 Å². The Morgan fingerprint density at radius 1 is 0.912 bits per heavy atom. The summed E-state index contributed by atoms with van der Waals surface area (Å²) < 4.78 is 5.86. The Labute approximate surface area is 205 Å². The number of ether oxygens (including phenoxy) is 1. The molecule has 13 atom stereocenters. The maximum absolute atomic E-state index is 13.0. The summed E-state index contributed by atoms with van der Waals surface area (Å²) in [6.45, 7) is 13.2. The van der Waals surface area contributed by atoms with Crippen molar-refractivity contribution in [1.82, 2.24) is 0 Å². The fraction of sp³-hybridized carbons (Fsp3) is 0.964. The summed E-state index contributed by atoms with van der Waals surface area (Å²) >= 11 is 0. The van der Waals surface area contributed by atoms with E-state index >= 15 is 0 Å². The molecule has 6 heteroatoms. The first-order chi connectivity index (χ1) is 15.8. The highest BCUT2D eigenvalue weighted by Crippen LogP contribution is 2.66. The summed E-state index contributed by atoms with van der Waals surface area (Å²) in [5, 5.41) is 42.9. The molecule has 1 heterocycles. The van der Waals surface area contributed by atoms with Crippen LogP contribution < -0.4 is 0 Å². The lowest BCUT2D eigenvalue weighted by atomic mass is 9.48. The second-order valence-corrected chi connectivity index (χ2v) is 13.3. The summed E-state index contributed by atoms with van der Waals surface area (Å²) in [6, 6.07) is 0. The van der Waals surface area contributed by atoms with Gasteiger partial charge in [0.1, 0.15) is 0 Å². The van der Waals surface area contributed by atoms with Gasteiger partial charge in [0, 0.05) is 0 Å². The fourth-order valence-electron chi connectivity index (χ4n) is 8.95. The number of fused-ring (bicyclic) bond motifs is 5. The number of esters is 1. The molecule has 0 bridgehead atoms. The van der Waals surface area contributed by atoms with E-state index in [1.165, 1.54) is 0 Å². The van der Waals surface area contributed by atoms with Crippen molar-refractivity contribution in [3.8, 4) is 0 Å². The molecular weight excluding hydrogens is 432 g/mol. The van der Waals surface area contributed by atoms with Gasteiger partial charge in [0.25, 0.3) is 0 Å². The third kappa shape index (κ3) is 4.05. The average molecular weight is 481 g/mol. The topological polar surface area (TPSA) is 107 Å². The SMILES string of the molecule is CC(C)[C@@H](C)[C@@H](O)[C@H](O)[C@@H](C)C1CC[C@H]2C3COC(=O)[C@H]4C[C@H](O)[C@H](O)C[C@]4(C)[C@H]3CC[C@]12C.